The Labute approximate surface area is 154 Å². The van der Waals surface area contributed by atoms with Crippen LogP contribution in [-0.4, -0.2) is 37.8 Å². The number of nitrogens with one attached hydrogen (secondary N) is 3. The predicted molar refractivity (Wildman–Crippen MR) is 101 cm³/mol. The fourth-order valence-corrected chi connectivity index (χ4v) is 2.61. The Morgan fingerprint density at radius 3 is 2.73 bits per heavy atom. The molecule has 0 bridgehead atoms. The first-order chi connectivity index (χ1) is 12.5. The van der Waals surface area contributed by atoms with Crippen LogP contribution in [0, 0.1) is 18.7 Å². The number of alkyl carbamates (subject to hydrolysis) is 1. The predicted octanol–water partition coefficient (Wildman–Crippen LogP) is 2.71. The Morgan fingerprint density at radius 2 is 2.12 bits per heavy atom. The van der Waals surface area contributed by atoms with Crippen molar-refractivity contribution < 1.29 is 13.9 Å². The lowest BCUT2D eigenvalue weighted by atomic mass is 10.1. The Morgan fingerprint density at radius 1 is 1.35 bits per heavy atom. The van der Waals surface area contributed by atoms with E-state index in [2.05, 4.69) is 20.9 Å². The molecule has 1 aliphatic rings. The number of nitrogens with zero attached hydrogens (tertiary/aromatic N) is 1. The van der Waals surface area contributed by atoms with E-state index in [4.69, 9.17) is 4.74 Å². The maximum absolute atomic E-state index is 13.7. The van der Waals surface area contributed by atoms with E-state index in [-0.39, 0.29) is 18.0 Å². The minimum Gasteiger partial charge on any atom is -0.450 e. The van der Waals surface area contributed by atoms with Crippen LogP contribution in [0.2, 0.25) is 0 Å². The largest absolute Gasteiger partial charge is 0.450 e. The van der Waals surface area contributed by atoms with E-state index in [0.29, 0.717) is 43.7 Å². The number of aliphatic imine (C=N–C) groups is 1. The quantitative estimate of drug-likeness (QED) is 0.490. The minimum absolute atomic E-state index is 0.00901. The second-order valence-corrected chi connectivity index (χ2v) is 6.47. The summed E-state index contributed by atoms with van der Waals surface area (Å²) >= 11 is 0. The first kappa shape index (κ1) is 20.0. The van der Waals surface area contributed by atoms with E-state index in [0.717, 1.165) is 18.4 Å². The highest BCUT2D eigenvalue weighted by atomic mass is 19.1. The summed E-state index contributed by atoms with van der Waals surface area (Å²) in [4.78, 5) is 16.2. The van der Waals surface area contributed by atoms with Crippen LogP contribution in [0.1, 0.15) is 37.8 Å². The number of carbonyl (C=O) groups is 1. The molecule has 1 aromatic carbocycles. The smallest absolute Gasteiger partial charge is 0.407 e. The molecule has 1 fully saturated rings. The van der Waals surface area contributed by atoms with Gasteiger partial charge in [-0.2, -0.15) is 0 Å². The summed E-state index contributed by atoms with van der Waals surface area (Å²) in [6.45, 7) is 7.53. The third kappa shape index (κ3) is 6.54. The standard InChI is InChI=1S/C19H29FN4O2/c1-4-21-18(22-11-14-7-6-13(3)16(20)10-14)23-12-17(15-8-9-15)24-19(25)26-5-2/h6-7,10,15,17H,4-5,8-9,11-12H2,1-3H3,(H,24,25)(H2,21,22,23). The molecule has 0 spiro atoms. The summed E-state index contributed by atoms with van der Waals surface area (Å²) in [6, 6.07) is 5.15. The van der Waals surface area contributed by atoms with Crippen molar-refractivity contribution in [1.29, 1.82) is 0 Å². The van der Waals surface area contributed by atoms with Gasteiger partial charge in [-0.1, -0.05) is 12.1 Å². The highest BCUT2D eigenvalue weighted by Crippen LogP contribution is 2.32. The fraction of sp³-hybridized carbons (Fsp3) is 0.579. The van der Waals surface area contributed by atoms with Crippen molar-refractivity contribution >= 4 is 12.1 Å². The number of rotatable bonds is 8. The first-order valence-electron chi connectivity index (χ1n) is 9.24. The Kier molecular flexibility index (Phi) is 7.69. The average Bonchev–Trinajstić information content (AvgIpc) is 3.44. The molecule has 3 N–H and O–H groups in total. The number of aryl methyl sites for hydroxylation is 1. The first-order valence-corrected chi connectivity index (χ1v) is 9.24. The zero-order valence-corrected chi connectivity index (χ0v) is 15.8. The van der Waals surface area contributed by atoms with Crippen LogP contribution in [0.15, 0.2) is 23.2 Å². The third-order valence-electron chi connectivity index (χ3n) is 4.26. The van der Waals surface area contributed by atoms with Crippen LogP contribution in [0.25, 0.3) is 0 Å². The van der Waals surface area contributed by atoms with Crippen molar-refractivity contribution in [3.8, 4) is 0 Å². The molecular formula is C19H29FN4O2. The summed E-state index contributed by atoms with van der Waals surface area (Å²) in [6.07, 6.45) is 1.83. The Bertz CT molecular complexity index is 632. The van der Waals surface area contributed by atoms with Gasteiger partial charge in [0.15, 0.2) is 5.96 Å². The van der Waals surface area contributed by atoms with Crippen molar-refractivity contribution in [2.24, 2.45) is 10.9 Å². The van der Waals surface area contributed by atoms with Crippen molar-refractivity contribution in [2.75, 3.05) is 19.7 Å². The van der Waals surface area contributed by atoms with E-state index >= 15 is 0 Å². The van der Waals surface area contributed by atoms with Gasteiger partial charge < -0.3 is 20.7 Å². The molecule has 1 amide bonds. The molecular weight excluding hydrogens is 335 g/mol. The van der Waals surface area contributed by atoms with Gasteiger partial charge in [-0.3, -0.25) is 0 Å². The number of hydrogen-bond acceptors (Lipinski definition) is 3. The number of amides is 1. The van der Waals surface area contributed by atoms with E-state index in [1.54, 1.807) is 19.9 Å². The van der Waals surface area contributed by atoms with Crippen LogP contribution in [-0.2, 0) is 11.3 Å². The summed E-state index contributed by atoms with van der Waals surface area (Å²) in [5.41, 5.74) is 1.44. The van der Waals surface area contributed by atoms with Gasteiger partial charge in [0, 0.05) is 13.1 Å². The topological polar surface area (TPSA) is 74.8 Å². The number of ether oxygens (including phenoxy) is 1. The summed E-state index contributed by atoms with van der Waals surface area (Å²) < 4.78 is 18.6. The van der Waals surface area contributed by atoms with Gasteiger partial charge in [-0.15, -0.1) is 0 Å². The molecule has 6 nitrogen and oxygen atoms in total. The number of guanidine groups is 1. The van der Waals surface area contributed by atoms with Gasteiger partial charge in [-0.25, -0.2) is 14.2 Å². The zero-order valence-electron chi connectivity index (χ0n) is 15.8. The van der Waals surface area contributed by atoms with Crippen molar-refractivity contribution in [2.45, 2.75) is 46.2 Å². The van der Waals surface area contributed by atoms with Gasteiger partial charge in [0.05, 0.1) is 19.2 Å². The zero-order chi connectivity index (χ0) is 18.9. The van der Waals surface area contributed by atoms with Gasteiger partial charge in [0.1, 0.15) is 5.82 Å². The van der Waals surface area contributed by atoms with Gasteiger partial charge in [0.2, 0.25) is 0 Å². The number of benzene rings is 1. The molecule has 26 heavy (non-hydrogen) atoms. The molecule has 1 atom stereocenters. The van der Waals surface area contributed by atoms with Gasteiger partial charge in [0.25, 0.3) is 0 Å². The van der Waals surface area contributed by atoms with E-state index in [9.17, 15) is 9.18 Å². The molecule has 1 aliphatic carbocycles. The van der Waals surface area contributed by atoms with E-state index in [1.165, 1.54) is 6.07 Å². The third-order valence-corrected chi connectivity index (χ3v) is 4.26. The van der Waals surface area contributed by atoms with Crippen molar-refractivity contribution in [3.63, 3.8) is 0 Å². The minimum atomic E-state index is -0.386. The second kappa shape index (κ2) is 9.99. The molecule has 1 saturated carbocycles. The van der Waals surface area contributed by atoms with Crippen LogP contribution >= 0.6 is 0 Å². The molecule has 0 saturated heterocycles. The highest BCUT2D eigenvalue weighted by molar-refractivity contribution is 5.79. The molecule has 7 heteroatoms. The lowest BCUT2D eigenvalue weighted by molar-refractivity contribution is 0.146. The van der Waals surface area contributed by atoms with Gasteiger partial charge >= 0.3 is 6.09 Å². The number of carbonyl (C=O) groups excluding carboxylic acids is 1. The molecule has 2 rings (SSSR count). The van der Waals surface area contributed by atoms with Crippen molar-refractivity contribution in [1.82, 2.24) is 16.0 Å². The second-order valence-electron chi connectivity index (χ2n) is 6.47. The number of hydrogen-bond donors (Lipinski definition) is 3. The van der Waals surface area contributed by atoms with E-state index in [1.807, 2.05) is 13.0 Å². The van der Waals surface area contributed by atoms with Crippen LogP contribution in [0.5, 0.6) is 0 Å². The monoisotopic (exact) mass is 364 g/mol. The lowest BCUT2D eigenvalue weighted by Gasteiger charge is -2.20. The van der Waals surface area contributed by atoms with Crippen LogP contribution in [0.4, 0.5) is 9.18 Å². The van der Waals surface area contributed by atoms with E-state index < -0.39 is 0 Å². The van der Waals surface area contributed by atoms with Gasteiger partial charge in [-0.05, 0) is 56.7 Å². The normalized spacial score (nSPS) is 15.3. The van der Waals surface area contributed by atoms with Crippen molar-refractivity contribution in [3.05, 3.63) is 35.1 Å². The van der Waals surface area contributed by atoms with Crippen LogP contribution in [0.3, 0.4) is 0 Å². The Balaban J connectivity index is 1.92. The van der Waals surface area contributed by atoms with Crippen LogP contribution < -0.4 is 16.0 Å². The molecule has 0 heterocycles. The molecule has 144 valence electrons. The average molecular weight is 364 g/mol. The lowest BCUT2D eigenvalue weighted by Crippen LogP contribution is -2.48. The molecule has 0 aliphatic heterocycles. The molecule has 0 radical (unpaired) electrons. The fourth-order valence-electron chi connectivity index (χ4n) is 2.61. The number of halogens is 1. The maximum Gasteiger partial charge on any atom is 0.407 e. The Hall–Kier alpha value is -2.31. The summed E-state index contributed by atoms with van der Waals surface area (Å²) in [7, 11) is 0. The SMILES string of the molecule is CCNC(=NCc1ccc(C)c(F)c1)NCC(NC(=O)OCC)C1CC1. The summed E-state index contributed by atoms with van der Waals surface area (Å²) in [5.74, 6) is 0.897. The summed E-state index contributed by atoms with van der Waals surface area (Å²) in [5, 5.41) is 9.34. The highest BCUT2D eigenvalue weighted by Gasteiger charge is 2.32. The maximum atomic E-state index is 13.7. The molecule has 1 unspecified atom stereocenters. The molecule has 1 aromatic rings. The molecule has 0 aromatic heterocycles.